The van der Waals surface area contributed by atoms with Gasteiger partial charge in [0.25, 0.3) is 5.91 Å². The van der Waals surface area contributed by atoms with E-state index in [0.29, 0.717) is 13.0 Å². The predicted octanol–water partition coefficient (Wildman–Crippen LogP) is 3.15. The molecule has 166 valence electrons. The van der Waals surface area contributed by atoms with Crippen LogP contribution in [-0.2, 0) is 11.3 Å². The normalized spacial score (nSPS) is 20.3. The number of amides is 2. The van der Waals surface area contributed by atoms with Crippen LogP contribution in [0.3, 0.4) is 0 Å². The van der Waals surface area contributed by atoms with E-state index in [9.17, 15) is 9.59 Å². The summed E-state index contributed by atoms with van der Waals surface area (Å²) >= 11 is 3.10. The van der Waals surface area contributed by atoms with Crippen molar-refractivity contribution < 1.29 is 9.59 Å². The van der Waals surface area contributed by atoms with E-state index in [1.54, 1.807) is 29.1 Å². The molecular formula is C23H25N5O2S2. The van der Waals surface area contributed by atoms with Crippen LogP contribution in [0, 0.1) is 0 Å². The first-order chi connectivity index (χ1) is 15.6. The number of thioether (sulfide) groups is 2. The fourth-order valence-electron chi connectivity index (χ4n) is 4.25. The maximum Gasteiger partial charge on any atom is 0.259 e. The van der Waals surface area contributed by atoms with Crippen molar-refractivity contribution in [2.75, 3.05) is 42.7 Å². The van der Waals surface area contributed by atoms with Gasteiger partial charge < -0.3 is 15.5 Å². The van der Waals surface area contributed by atoms with Gasteiger partial charge in [-0.05, 0) is 36.4 Å². The summed E-state index contributed by atoms with van der Waals surface area (Å²) in [6, 6.07) is 8.00. The highest BCUT2D eigenvalue weighted by molar-refractivity contribution is 8.04. The molecule has 7 nitrogen and oxygen atoms in total. The minimum atomic E-state index is -0.264. The molecule has 1 aromatic carbocycles. The van der Waals surface area contributed by atoms with Crippen LogP contribution in [0.4, 0.5) is 11.4 Å². The zero-order valence-electron chi connectivity index (χ0n) is 17.8. The minimum Gasteiger partial charge on any atom is -0.367 e. The van der Waals surface area contributed by atoms with Crippen molar-refractivity contribution in [2.45, 2.75) is 23.1 Å². The number of hydrogen-bond donors (Lipinski definition) is 2. The lowest BCUT2D eigenvalue weighted by molar-refractivity contribution is -0.115. The molecule has 3 aliphatic rings. The van der Waals surface area contributed by atoms with E-state index >= 15 is 0 Å². The number of fused-ring (bicyclic) bond motifs is 1. The van der Waals surface area contributed by atoms with Crippen molar-refractivity contribution in [1.82, 2.24) is 15.2 Å². The lowest BCUT2D eigenvalue weighted by Crippen LogP contribution is -2.44. The largest absolute Gasteiger partial charge is 0.367 e. The van der Waals surface area contributed by atoms with E-state index in [0.717, 1.165) is 58.6 Å². The van der Waals surface area contributed by atoms with E-state index < -0.39 is 0 Å². The number of carbonyl (C=O) groups excluding carboxylic acids is 2. The minimum absolute atomic E-state index is 0.0176. The number of pyridine rings is 1. The molecule has 0 radical (unpaired) electrons. The molecule has 2 aromatic rings. The van der Waals surface area contributed by atoms with Gasteiger partial charge in [0.15, 0.2) is 0 Å². The molecule has 1 fully saturated rings. The molecule has 0 bridgehead atoms. The summed E-state index contributed by atoms with van der Waals surface area (Å²) in [6.45, 7) is 4.20. The second-order valence-electron chi connectivity index (χ2n) is 7.92. The SMILES string of the molecule is CSc1ccc2c(c1)C(=O)N(C1=CCC(C(=O)Nc3cnccc3N3CCNCC3)S1)C2. The Morgan fingerprint density at radius 2 is 2.12 bits per heavy atom. The second kappa shape index (κ2) is 9.17. The van der Waals surface area contributed by atoms with Gasteiger partial charge in [-0.15, -0.1) is 11.8 Å². The summed E-state index contributed by atoms with van der Waals surface area (Å²) in [7, 11) is 0. The lowest BCUT2D eigenvalue weighted by Gasteiger charge is -2.31. The van der Waals surface area contributed by atoms with Gasteiger partial charge in [-0.1, -0.05) is 23.9 Å². The molecule has 2 amide bonds. The Hall–Kier alpha value is -2.49. The molecule has 2 N–H and O–H groups in total. The van der Waals surface area contributed by atoms with Gasteiger partial charge in [-0.3, -0.25) is 19.5 Å². The first kappa shape index (κ1) is 21.4. The highest BCUT2D eigenvalue weighted by atomic mass is 32.2. The summed E-state index contributed by atoms with van der Waals surface area (Å²) in [6.07, 6.45) is 8.09. The molecule has 0 aliphatic carbocycles. The standard InChI is InChI=1S/C23H25N5O2S2/c1-31-16-3-2-15-14-28(23(30)17(15)12-16)21-5-4-20(32-21)22(29)26-18-13-25-7-6-19(18)27-10-8-24-9-11-27/h2-3,5-7,12-13,20,24H,4,8-11,14H2,1H3,(H,26,29). The van der Waals surface area contributed by atoms with Crippen LogP contribution in [-0.4, -0.2) is 59.4 Å². The Labute approximate surface area is 196 Å². The molecule has 0 saturated carbocycles. The summed E-state index contributed by atoms with van der Waals surface area (Å²) < 4.78 is 0. The average molecular weight is 468 g/mol. The van der Waals surface area contributed by atoms with E-state index in [-0.39, 0.29) is 17.1 Å². The molecule has 1 atom stereocenters. The first-order valence-corrected chi connectivity index (χ1v) is 12.8. The number of carbonyl (C=O) groups is 2. The van der Waals surface area contributed by atoms with Gasteiger partial charge in [0.2, 0.25) is 5.91 Å². The summed E-state index contributed by atoms with van der Waals surface area (Å²) in [4.78, 5) is 35.4. The Kier molecular flexibility index (Phi) is 6.12. The number of anilines is 2. The van der Waals surface area contributed by atoms with Gasteiger partial charge in [0.05, 0.1) is 34.4 Å². The first-order valence-electron chi connectivity index (χ1n) is 10.7. The van der Waals surface area contributed by atoms with E-state index in [1.807, 2.05) is 30.5 Å². The quantitative estimate of drug-likeness (QED) is 0.654. The molecule has 1 aromatic heterocycles. The van der Waals surface area contributed by atoms with Crippen LogP contribution in [0.15, 0.2) is 52.7 Å². The van der Waals surface area contributed by atoms with Crippen molar-refractivity contribution >= 4 is 46.7 Å². The summed E-state index contributed by atoms with van der Waals surface area (Å²) in [5.74, 6) is -0.0385. The Morgan fingerprint density at radius 1 is 1.28 bits per heavy atom. The maximum absolute atomic E-state index is 13.1. The Balaban J connectivity index is 1.25. The molecule has 32 heavy (non-hydrogen) atoms. The highest BCUT2D eigenvalue weighted by Crippen LogP contribution is 2.40. The van der Waals surface area contributed by atoms with Crippen LogP contribution in [0.1, 0.15) is 22.3 Å². The lowest BCUT2D eigenvalue weighted by atomic mass is 10.1. The number of piperazine rings is 1. The van der Waals surface area contributed by atoms with Crippen molar-refractivity contribution in [1.29, 1.82) is 0 Å². The van der Waals surface area contributed by atoms with Gasteiger partial charge in [-0.25, -0.2) is 0 Å². The van der Waals surface area contributed by atoms with Crippen LogP contribution < -0.4 is 15.5 Å². The summed E-state index contributed by atoms with van der Waals surface area (Å²) in [5.41, 5.74) is 3.55. The number of allylic oxidation sites excluding steroid dienone is 1. The summed E-state index contributed by atoms with van der Waals surface area (Å²) in [5, 5.41) is 7.03. The monoisotopic (exact) mass is 467 g/mol. The van der Waals surface area contributed by atoms with Crippen LogP contribution >= 0.6 is 23.5 Å². The topological polar surface area (TPSA) is 77.6 Å². The molecule has 0 spiro atoms. The van der Waals surface area contributed by atoms with Gasteiger partial charge >= 0.3 is 0 Å². The molecule has 5 rings (SSSR count). The van der Waals surface area contributed by atoms with Crippen LogP contribution in [0.25, 0.3) is 0 Å². The number of benzene rings is 1. The van der Waals surface area contributed by atoms with Crippen molar-refractivity contribution in [3.05, 3.63) is 58.9 Å². The zero-order chi connectivity index (χ0) is 22.1. The number of nitrogens with one attached hydrogen (secondary N) is 2. The van der Waals surface area contributed by atoms with Gasteiger partial charge in [0, 0.05) is 42.8 Å². The second-order valence-corrected chi connectivity index (χ2v) is 10.0. The Bertz CT molecular complexity index is 1080. The number of hydrogen-bond acceptors (Lipinski definition) is 7. The van der Waals surface area contributed by atoms with Gasteiger partial charge in [-0.2, -0.15) is 0 Å². The van der Waals surface area contributed by atoms with Crippen molar-refractivity contribution in [2.24, 2.45) is 0 Å². The molecule has 4 heterocycles. The molecule has 1 unspecified atom stereocenters. The molecule has 3 aliphatic heterocycles. The molecular weight excluding hydrogens is 442 g/mol. The third-order valence-corrected chi connectivity index (χ3v) is 8.01. The smallest absolute Gasteiger partial charge is 0.259 e. The third kappa shape index (κ3) is 4.12. The average Bonchev–Trinajstić information content (AvgIpc) is 3.45. The fraction of sp³-hybridized carbons (Fsp3) is 0.348. The highest BCUT2D eigenvalue weighted by Gasteiger charge is 2.35. The fourth-order valence-corrected chi connectivity index (χ4v) is 5.80. The van der Waals surface area contributed by atoms with Crippen molar-refractivity contribution in [3.63, 3.8) is 0 Å². The number of nitrogens with zero attached hydrogens (tertiary/aromatic N) is 3. The molecule has 9 heteroatoms. The van der Waals surface area contributed by atoms with E-state index in [1.165, 1.54) is 11.8 Å². The maximum atomic E-state index is 13.1. The zero-order valence-corrected chi connectivity index (χ0v) is 19.5. The Morgan fingerprint density at radius 3 is 2.94 bits per heavy atom. The van der Waals surface area contributed by atoms with Crippen LogP contribution in [0.2, 0.25) is 0 Å². The van der Waals surface area contributed by atoms with E-state index in [2.05, 4.69) is 26.6 Å². The molecule has 1 saturated heterocycles. The van der Waals surface area contributed by atoms with Crippen LogP contribution in [0.5, 0.6) is 0 Å². The van der Waals surface area contributed by atoms with Gasteiger partial charge in [0.1, 0.15) is 0 Å². The van der Waals surface area contributed by atoms with Crippen molar-refractivity contribution in [3.8, 4) is 0 Å². The number of rotatable bonds is 5. The third-order valence-electron chi connectivity index (χ3n) is 5.96. The van der Waals surface area contributed by atoms with E-state index in [4.69, 9.17) is 0 Å². The predicted molar refractivity (Wildman–Crippen MR) is 130 cm³/mol. The number of aromatic nitrogens is 1.